The van der Waals surface area contributed by atoms with Gasteiger partial charge in [0.15, 0.2) is 0 Å². The molecule has 0 aliphatic carbocycles. The van der Waals surface area contributed by atoms with Crippen molar-refractivity contribution in [1.82, 2.24) is 14.5 Å². The van der Waals surface area contributed by atoms with Crippen LogP contribution in [0.25, 0.3) is 5.69 Å². The van der Waals surface area contributed by atoms with Crippen molar-refractivity contribution in [2.45, 2.75) is 19.9 Å². The average molecular weight is 465 g/mol. The van der Waals surface area contributed by atoms with E-state index in [0.717, 1.165) is 28.2 Å². The summed E-state index contributed by atoms with van der Waals surface area (Å²) in [6.07, 6.45) is 3.35. The number of hydrogen-bond acceptors (Lipinski definition) is 8. The van der Waals surface area contributed by atoms with E-state index >= 15 is 0 Å². The molecule has 2 aromatic heterocycles. The van der Waals surface area contributed by atoms with Crippen molar-refractivity contribution in [3.8, 4) is 5.69 Å². The minimum Gasteiger partial charge on any atom is -0.447 e. The topological polar surface area (TPSA) is 113 Å². The van der Waals surface area contributed by atoms with Gasteiger partial charge in [-0.3, -0.25) is 14.7 Å². The van der Waals surface area contributed by atoms with Crippen molar-refractivity contribution >= 4 is 23.4 Å². The van der Waals surface area contributed by atoms with Gasteiger partial charge in [-0.2, -0.15) is 0 Å². The summed E-state index contributed by atoms with van der Waals surface area (Å²) in [7, 11) is 3.93. The highest BCUT2D eigenvalue weighted by atomic mass is 16.6. The number of carbonyl (C=O) groups is 1. The van der Waals surface area contributed by atoms with Crippen LogP contribution in [-0.4, -0.2) is 59.6 Å². The molecule has 0 saturated heterocycles. The number of aromatic nitrogens is 3. The predicted octanol–water partition coefficient (Wildman–Crippen LogP) is 2.11. The largest absolute Gasteiger partial charge is 0.447 e. The molecule has 0 unspecified atom stereocenters. The van der Waals surface area contributed by atoms with Gasteiger partial charge in [-0.25, -0.2) is 14.8 Å². The zero-order chi connectivity index (χ0) is 24.2. The number of anilines is 3. The van der Waals surface area contributed by atoms with Crippen LogP contribution < -0.4 is 20.7 Å². The molecule has 178 valence electrons. The number of aliphatic hydroxyl groups excluding tert-OH is 1. The normalized spacial score (nSPS) is 12.8. The van der Waals surface area contributed by atoms with Gasteiger partial charge in [0.25, 0.3) is 5.56 Å². The lowest BCUT2D eigenvalue weighted by Crippen LogP contribution is -2.37. The fraction of sp³-hybridized carbons (Fsp3) is 0.333. The Morgan fingerprint density at radius 3 is 2.88 bits per heavy atom. The van der Waals surface area contributed by atoms with Gasteiger partial charge < -0.3 is 19.6 Å². The van der Waals surface area contributed by atoms with Crippen LogP contribution in [0.5, 0.6) is 0 Å². The second-order valence-corrected chi connectivity index (χ2v) is 8.26. The number of pyridine rings is 1. The van der Waals surface area contributed by atoms with Crippen LogP contribution in [-0.2, 0) is 17.7 Å². The average Bonchev–Trinajstić information content (AvgIpc) is 2.83. The number of carbonyl (C=O) groups excluding carboxylic acids is 1. The zero-order valence-corrected chi connectivity index (χ0v) is 19.5. The molecule has 0 fully saturated rings. The Hall–Kier alpha value is -3.92. The van der Waals surface area contributed by atoms with Gasteiger partial charge in [-0.05, 0) is 36.8 Å². The lowest BCUT2D eigenvalue weighted by atomic mass is 10.1. The third-order valence-electron chi connectivity index (χ3n) is 5.68. The molecule has 0 atom stereocenters. The third kappa shape index (κ3) is 4.86. The maximum absolute atomic E-state index is 13.5. The number of aryl methyl sites for hydroxylation is 1. The molecule has 0 radical (unpaired) electrons. The molecule has 0 bridgehead atoms. The van der Waals surface area contributed by atoms with Crippen LogP contribution >= 0.6 is 0 Å². The number of amides is 1. The molecule has 4 rings (SSSR count). The summed E-state index contributed by atoms with van der Waals surface area (Å²) in [4.78, 5) is 37.9. The standard InChI is InChI=1S/C24H28N6O4/c1-16-7-10-30(19-6-4-5-18(13-19)28(2)3)22(32)21(16)29-9-8-20-17(15-29)14-25-23(26-20)27-24(33)34-12-11-31/h4-7,10,13-14,31H,8-9,11-12,15H2,1-3H3,(H,25,26,27,33). The van der Waals surface area contributed by atoms with Crippen molar-refractivity contribution in [3.63, 3.8) is 0 Å². The first-order chi connectivity index (χ1) is 16.4. The lowest BCUT2D eigenvalue weighted by Gasteiger charge is -2.31. The van der Waals surface area contributed by atoms with Gasteiger partial charge in [0, 0.05) is 57.3 Å². The molecule has 1 aromatic carbocycles. The number of aliphatic hydroxyl groups is 1. The summed E-state index contributed by atoms with van der Waals surface area (Å²) in [6, 6.07) is 9.81. The van der Waals surface area contributed by atoms with Crippen LogP contribution in [0.2, 0.25) is 0 Å². The van der Waals surface area contributed by atoms with E-state index in [9.17, 15) is 9.59 Å². The zero-order valence-electron chi connectivity index (χ0n) is 19.5. The molecular formula is C24H28N6O4. The second-order valence-electron chi connectivity index (χ2n) is 8.26. The van der Waals surface area contributed by atoms with Crippen molar-refractivity contribution in [2.75, 3.05) is 49.0 Å². The van der Waals surface area contributed by atoms with E-state index in [-0.39, 0.29) is 24.7 Å². The van der Waals surface area contributed by atoms with Gasteiger partial charge in [0.2, 0.25) is 5.95 Å². The number of benzene rings is 1. The summed E-state index contributed by atoms with van der Waals surface area (Å²) >= 11 is 0. The molecule has 1 aliphatic rings. The lowest BCUT2D eigenvalue weighted by molar-refractivity contribution is 0.131. The molecule has 34 heavy (non-hydrogen) atoms. The summed E-state index contributed by atoms with van der Waals surface area (Å²) < 4.78 is 6.45. The molecular weight excluding hydrogens is 436 g/mol. The molecule has 1 aliphatic heterocycles. The Kier molecular flexibility index (Phi) is 6.78. The first kappa shape index (κ1) is 23.2. The quantitative estimate of drug-likeness (QED) is 0.570. The first-order valence-electron chi connectivity index (χ1n) is 11.0. The number of ether oxygens (including phenoxy) is 1. The van der Waals surface area contributed by atoms with E-state index in [1.807, 2.05) is 62.4 Å². The molecule has 2 N–H and O–H groups in total. The molecule has 1 amide bonds. The molecule has 10 nitrogen and oxygen atoms in total. The maximum atomic E-state index is 13.5. The molecule has 3 aromatic rings. The minimum atomic E-state index is -0.717. The van der Waals surface area contributed by atoms with Crippen molar-refractivity contribution in [1.29, 1.82) is 0 Å². The van der Waals surface area contributed by atoms with E-state index < -0.39 is 6.09 Å². The van der Waals surface area contributed by atoms with Gasteiger partial charge in [0.1, 0.15) is 12.3 Å². The van der Waals surface area contributed by atoms with Gasteiger partial charge in [0.05, 0.1) is 18.0 Å². The van der Waals surface area contributed by atoms with Crippen molar-refractivity contribution < 1.29 is 14.6 Å². The highest BCUT2D eigenvalue weighted by Gasteiger charge is 2.23. The van der Waals surface area contributed by atoms with Crippen LogP contribution in [0.15, 0.2) is 47.5 Å². The Morgan fingerprint density at radius 2 is 2.12 bits per heavy atom. The van der Waals surface area contributed by atoms with E-state index in [1.54, 1.807) is 10.8 Å². The van der Waals surface area contributed by atoms with Crippen molar-refractivity contribution in [2.24, 2.45) is 0 Å². The van der Waals surface area contributed by atoms with Crippen LogP contribution in [0.4, 0.5) is 22.1 Å². The third-order valence-corrected chi connectivity index (χ3v) is 5.68. The van der Waals surface area contributed by atoms with Crippen LogP contribution in [0.3, 0.4) is 0 Å². The molecule has 0 spiro atoms. The minimum absolute atomic E-state index is 0.0785. The highest BCUT2D eigenvalue weighted by molar-refractivity contribution is 5.82. The number of nitrogens with one attached hydrogen (secondary N) is 1. The second kappa shape index (κ2) is 9.92. The predicted molar refractivity (Wildman–Crippen MR) is 130 cm³/mol. The molecule has 10 heteroatoms. The Morgan fingerprint density at radius 1 is 1.29 bits per heavy atom. The van der Waals surface area contributed by atoms with E-state index in [4.69, 9.17) is 9.84 Å². The smallest absolute Gasteiger partial charge is 0.414 e. The molecule has 0 saturated carbocycles. The monoisotopic (exact) mass is 464 g/mol. The van der Waals surface area contributed by atoms with Gasteiger partial charge >= 0.3 is 6.09 Å². The fourth-order valence-corrected chi connectivity index (χ4v) is 3.96. The Labute approximate surface area is 197 Å². The molecule has 3 heterocycles. The number of nitrogens with zero attached hydrogens (tertiary/aromatic N) is 5. The Bertz CT molecular complexity index is 1260. The number of fused-ring (bicyclic) bond motifs is 1. The number of hydrogen-bond donors (Lipinski definition) is 2. The van der Waals surface area contributed by atoms with E-state index in [1.165, 1.54) is 0 Å². The SMILES string of the molecule is Cc1ccn(-c2cccc(N(C)C)c2)c(=O)c1N1CCc2nc(NC(=O)OCCO)ncc2C1. The van der Waals surface area contributed by atoms with E-state index in [0.29, 0.717) is 25.2 Å². The number of rotatable bonds is 6. The van der Waals surface area contributed by atoms with Crippen LogP contribution in [0, 0.1) is 6.92 Å². The summed E-state index contributed by atoms with van der Waals surface area (Å²) in [5.74, 6) is 0.147. The van der Waals surface area contributed by atoms with Crippen molar-refractivity contribution in [3.05, 3.63) is 69.9 Å². The van der Waals surface area contributed by atoms with Crippen LogP contribution in [0.1, 0.15) is 16.8 Å². The Balaban J connectivity index is 1.59. The maximum Gasteiger partial charge on any atom is 0.414 e. The summed E-state index contributed by atoms with van der Waals surface area (Å²) in [5.41, 5.74) is 5.01. The fourth-order valence-electron chi connectivity index (χ4n) is 3.96. The first-order valence-corrected chi connectivity index (χ1v) is 11.0. The van der Waals surface area contributed by atoms with Gasteiger partial charge in [-0.15, -0.1) is 0 Å². The summed E-state index contributed by atoms with van der Waals surface area (Å²) in [6.45, 7) is 2.68. The van der Waals surface area contributed by atoms with E-state index in [2.05, 4.69) is 20.2 Å². The highest BCUT2D eigenvalue weighted by Crippen LogP contribution is 2.25. The summed E-state index contributed by atoms with van der Waals surface area (Å²) in [5, 5.41) is 11.2. The van der Waals surface area contributed by atoms with Gasteiger partial charge in [-0.1, -0.05) is 6.07 Å².